The first-order valence-corrected chi connectivity index (χ1v) is 7.86. The van der Waals surface area contributed by atoms with Gasteiger partial charge in [0.2, 0.25) is 0 Å². The van der Waals surface area contributed by atoms with Crippen molar-refractivity contribution in [1.29, 1.82) is 0 Å². The van der Waals surface area contributed by atoms with E-state index in [1.165, 1.54) is 4.90 Å². The topological polar surface area (TPSA) is 68.2 Å². The molecule has 4 nitrogen and oxygen atoms in total. The molecule has 1 aromatic carbocycles. The van der Waals surface area contributed by atoms with Gasteiger partial charge in [-0.2, -0.15) is 0 Å². The van der Waals surface area contributed by atoms with E-state index < -0.39 is 12.0 Å². The predicted octanol–water partition coefficient (Wildman–Crippen LogP) is 2.88. The third-order valence-corrected chi connectivity index (χ3v) is 3.79. The van der Waals surface area contributed by atoms with Crippen molar-refractivity contribution >= 4 is 28.6 Å². The fourth-order valence-corrected chi connectivity index (χ4v) is 2.83. The van der Waals surface area contributed by atoms with Gasteiger partial charge in [-0.15, -0.1) is 11.8 Å². The molecule has 1 aromatic heterocycles. The highest BCUT2D eigenvalue weighted by atomic mass is 32.2. The highest BCUT2D eigenvalue weighted by molar-refractivity contribution is 7.98. The second kappa shape index (κ2) is 7.36. The van der Waals surface area contributed by atoms with Crippen LogP contribution in [0.5, 0.6) is 0 Å². The van der Waals surface area contributed by atoms with E-state index in [9.17, 15) is 4.79 Å². The number of carbonyl (C=O) groups is 1. The molecular formula is C15H22N2O2S. The molecule has 2 rings (SSSR count). The lowest BCUT2D eigenvalue weighted by atomic mass is 10.1. The van der Waals surface area contributed by atoms with Crippen LogP contribution in [0.15, 0.2) is 29.3 Å². The van der Waals surface area contributed by atoms with Gasteiger partial charge in [-0.05, 0) is 17.9 Å². The predicted molar refractivity (Wildman–Crippen MR) is 85.4 cm³/mol. The first-order valence-electron chi connectivity index (χ1n) is 6.64. The van der Waals surface area contributed by atoms with Crippen molar-refractivity contribution in [2.75, 3.05) is 6.26 Å². The molecule has 0 fully saturated rings. The standard InChI is InChI=1S/C13H16N2O2S.C2H6/c1-15-7-8(6-10(14)13(16)17)9-4-3-5-11(18-2)12(9)15;1-2/h3-5,7,10H,6,14H2,1-2H3,(H,16,17);1-2H3. The van der Waals surface area contributed by atoms with Crippen LogP contribution in [0, 0.1) is 0 Å². The summed E-state index contributed by atoms with van der Waals surface area (Å²) in [7, 11) is 1.97. The lowest BCUT2D eigenvalue weighted by molar-refractivity contribution is -0.138. The number of nitrogens with two attached hydrogens (primary N) is 1. The van der Waals surface area contributed by atoms with Gasteiger partial charge in [0, 0.05) is 29.9 Å². The number of hydrogen-bond donors (Lipinski definition) is 2. The Kier molecular flexibility index (Phi) is 6.10. The van der Waals surface area contributed by atoms with E-state index in [4.69, 9.17) is 10.8 Å². The number of carboxylic acid groups (broad SMARTS) is 1. The van der Waals surface area contributed by atoms with Crippen LogP contribution in [-0.2, 0) is 18.3 Å². The molecule has 110 valence electrons. The monoisotopic (exact) mass is 294 g/mol. The minimum absolute atomic E-state index is 0.352. The Morgan fingerprint density at radius 1 is 1.45 bits per heavy atom. The van der Waals surface area contributed by atoms with Gasteiger partial charge >= 0.3 is 5.97 Å². The Morgan fingerprint density at radius 2 is 2.10 bits per heavy atom. The Balaban J connectivity index is 0.000000956. The van der Waals surface area contributed by atoms with Crippen molar-refractivity contribution in [3.8, 4) is 0 Å². The molecule has 5 heteroatoms. The number of rotatable bonds is 4. The summed E-state index contributed by atoms with van der Waals surface area (Å²) >= 11 is 1.68. The quantitative estimate of drug-likeness (QED) is 0.851. The number of hydrogen-bond acceptors (Lipinski definition) is 3. The highest BCUT2D eigenvalue weighted by Gasteiger charge is 2.16. The number of thioether (sulfide) groups is 1. The Labute approximate surface area is 124 Å². The molecule has 0 saturated heterocycles. The summed E-state index contributed by atoms with van der Waals surface area (Å²) in [6, 6.07) is 5.21. The van der Waals surface area contributed by atoms with Crippen molar-refractivity contribution in [3.05, 3.63) is 30.0 Å². The van der Waals surface area contributed by atoms with Crippen LogP contribution < -0.4 is 5.73 Å². The summed E-state index contributed by atoms with van der Waals surface area (Å²) < 4.78 is 2.03. The van der Waals surface area contributed by atoms with Crippen molar-refractivity contribution < 1.29 is 9.90 Å². The number of para-hydroxylation sites is 1. The van der Waals surface area contributed by atoms with Gasteiger partial charge in [0.05, 0.1) is 5.52 Å². The maximum absolute atomic E-state index is 10.8. The maximum atomic E-state index is 10.8. The SMILES string of the molecule is CC.CSc1cccc2c(CC(N)C(=O)O)cn(C)c12. The normalized spacial score (nSPS) is 11.8. The largest absolute Gasteiger partial charge is 0.480 e. The van der Waals surface area contributed by atoms with Gasteiger partial charge in [-0.25, -0.2) is 0 Å². The third kappa shape index (κ3) is 3.35. The summed E-state index contributed by atoms with van der Waals surface area (Å²) in [5.41, 5.74) is 7.73. The van der Waals surface area contributed by atoms with E-state index in [0.29, 0.717) is 6.42 Å². The molecule has 20 heavy (non-hydrogen) atoms. The second-order valence-electron chi connectivity index (χ2n) is 4.27. The van der Waals surface area contributed by atoms with Gasteiger partial charge in [0.15, 0.2) is 0 Å². The summed E-state index contributed by atoms with van der Waals surface area (Å²) in [6.45, 7) is 4.00. The summed E-state index contributed by atoms with van der Waals surface area (Å²) in [6.07, 6.45) is 4.35. The molecule has 0 aliphatic carbocycles. The van der Waals surface area contributed by atoms with E-state index in [-0.39, 0.29) is 0 Å². The third-order valence-electron chi connectivity index (χ3n) is 3.02. The van der Waals surface area contributed by atoms with E-state index in [2.05, 4.69) is 6.07 Å². The van der Waals surface area contributed by atoms with Gasteiger partial charge in [0.25, 0.3) is 0 Å². The van der Waals surface area contributed by atoms with E-state index in [1.807, 2.05) is 50.0 Å². The Morgan fingerprint density at radius 3 is 2.65 bits per heavy atom. The van der Waals surface area contributed by atoms with Crippen LogP contribution in [0.25, 0.3) is 10.9 Å². The molecular weight excluding hydrogens is 272 g/mol. The fraction of sp³-hybridized carbons (Fsp3) is 0.400. The molecule has 0 bridgehead atoms. The molecule has 1 atom stereocenters. The first kappa shape index (κ1) is 16.6. The zero-order chi connectivity index (χ0) is 15.3. The molecule has 2 aromatic rings. The van der Waals surface area contributed by atoms with Crippen LogP contribution >= 0.6 is 11.8 Å². The highest BCUT2D eigenvalue weighted by Crippen LogP contribution is 2.29. The average Bonchev–Trinajstić information content (AvgIpc) is 2.77. The number of aliphatic carboxylic acids is 1. The van der Waals surface area contributed by atoms with Crippen LogP contribution in [0.3, 0.4) is 0 Å². The molecule has 0 radical (unpaired) electrons. The molecule has 1 unspecified atom stereocenters. The number of nitrogens with zero attached hydrogens (tertiary/aromatic N) is 1. The zero-order valence-electron chi connectivity index (χ0n) is 12.4. The number of aromatic nitrogens is 1. The van der Waals surface area contributed by atoms with Crippen LogP contribution in [0.4, 0.5) is 0 Å². The lowest BCUT2D eigenvalue weighted by Gasteiger charge is -2.05. The van der Waals surface area contributed by atoms with Crippen LogP contribution in [-0.4, -0.2) is 27.9 Å². The number of carboxylic acids is 1. The van der Waals surface area contributed by atoms with Gasteiger partial charge in [-0.1, -0.05) is 26.0 Å². The van der Waals surface area contributed by atoms with Crippen LogP contribution in [0.2, 0.25) is 0 Å². The van der Waals surface area contributed by atoms with Crippen molar-refractivity contribution in [3.63, 3.8) is 0 Å². The summed E-state index contributed by atoms with van der Waals surface area (Å²) in [5, 5.41) is 9.97. The van der Waals surface area contributed by atoms with Crippen LogP contribution in [0.1, 0.15) is 19.4 Å². The van der Waals surface area contributed by atoms with Crippen molar-refractivity contribution in [1.82, 2.24) is 4.57 Å². The molecule has 1 heterocycles. The van der Waals surface area contributed by atoms with Gasteiger partial charge < -0.3 is 15.4 Å². The molecule has 0 saturated carbocycles. The minimum atomic E-state index is -0.965. The lowest BCUT2D eigenvalue weighted by Crippen LogP contribution is -2.32. The van der Waals surface area contributed by atoms with E-state index >= 15 is 0 Å². The molecule has 0 aliphatic heterocycles. The first-order chi connectivity index (χ1) is 9.54. The van der Waals surface area contributed by atoms with Gasteiger partial charge in [-0.3, -0.25) is 4.79 Å². The maximum Gasteiger partial charge on any atom is 0.320 e. The smallest absolute Gasteiger partial charge is 0.320 e. The molecule has 0 aliphatic rings. The van der Waals surface area contributed by atoms with E-state index in [1.54, 1.807) is 11.8 Å². The Hall–Kier alpha value is -1.46. The van der Waals surface area contributed by atoms with Crippen molar-refractivity contribution in [2.45, 2.75) is 31.2 Å². The van der Waals surface area contributed by atoms with E-state index in [0.717, 1.165) is 16.5 Å². The van der Waals surface area contributed by atoms with Gasteiger partial charge in [0.1, 0.15) is 6.04 Å². The Bertz CT molecular complexity index is 593. The molecule has 0 amide bonds. The second-order valence-corrected chi connectivity index (χ2v) is 5.12. The number of fused-ring (bicyclic) bond motifs is 1. The number of benzene rings is 1. The van der Waals surface area contributed by atoms with Crippen molar-refractivity contribution in [2.24, 2.45) is 12.8 Å². The number of aryl methyl sites for hydroxylation is 1. The minimum Gasteiger partial charge on any atom is -0.480 e. The molecule has 0 spiro atoms. The molecule has 3 N–H and O–H groups in total. The summed E-state index contributed by atoms with van der Waals surface area (Å²) in [5.74, 6) is -0.965. The average molecular weight is 294 g/mol. The zero-order valence-corrected chi connectivity index (χ0v) is 13.2. The fourth-order valence-electron chi connectivity index (χ4n) is 2.16. The summed E-state index contributed by atoms with van der Waals surface area (Å²) in [4.78, 5) is 12.0.